The first-order valence-electron chi connectivity index (χ1n) is 7.98. The van der Waals surface area contributed by atoms with Crippen molar-refractivity contribution < 1.29 is 5.11 Å². The summed E-state index contributed by atoms with van der Waals surface area (Å²) in [5.74, 6) is 1.23. The molecular weight excluding hydrogens is 244 g/mol. The fourth-order valence-electron chi connectivity index (χ4n) is 3.71. The number of aromatic hydroxyl groups is 1. The van der Waals surface area contributed by atoms with Gasteiger partial charge in [-0.1, -0.05) is 65.2 Å². The minimum Gasteiger partial charge on any atom is -0.507 e. The molecule has 1 aliphatic rings. The summed E-state index contributed by atoms with van der Waals surface area (Å²) in [6.07, 6.45) is 5.27. The molecule has 1 fully saturated rings. The van der Waals surface area contributed by atoms with Gasteiger partial charge in [-0.3, -0.25) is 0 Å². The molecule has 0 unspecified atom stereocenters. The Morgan fingerprint density at radius 1 is 0.950 bits per heavy atom. The quantitative estimate of drug-likeness (QED) is 0.758. The van der Waals surface area contributed by atoms with Gasteiger partial charge < -0.3 is 5.11 Å². The van der Waals surface area contributed by atoms with E-state index in [0.717, 1.165) is 11.1 Å². The third-order valence-electron chi connectivity index (χ3n) is 5.13. The third-order valence-corrected chi connectivity index (χ3v) is 5.13. The van der Waals surface area contributed by atoms with E-state index < -0.39 is 0 Å². The van der Waals surface area contributed by atoms with Gasteiger partial charge in [0.1, 0.15) is 5.75 Å². The summed E-state index contributed by atoms with van der Waals surface area (Å²) in [6, 6.07) is 4.34. The molecule has 1 aromatic carbocycles. The molecule has 0 aliphatic heterocycles. The maximum absolute atomic E-state index is 10.8. The van der Waals surface area contributed by atoms with Gasteiger partial charge in [-0.25, -0.2) is 0 Å². The molecule has 0 aromatic heterocycles. The van der Waals surface area contributed by atoms with Crippen LogP contribution in [0, 0.1) is 12.8 Å². The highest BCUT2D eigenvalue weighted by Gasteiger charge is 2.36. The highest BCUT2D eigenvalue weighted by molar-refractivity contribution is 5.50. The van der Waals surface area contributed by atoms with Crippen molar-refractivity contribution in [3.05, 3.63) is 28.8 Å². The standard InChI is InChI=1S/C19H30O/c1-13-11-15(18(2,3)4)17(20)16(12-13)19(5,6)14-9-7-8-10-14/h11-12,14,20H,7-10H2,1-6H3. The zero-order valence-electron chi connectivity index (χ0n) is 14.0. The smallest absolute Gasteiger partial charge is 0.123 e. The molecule has 1 heteroatoms. The number of phenols is 1. The zero-order chi connectivity index (χ0) is 15.1. The first-order valence-corrected chi connectivity index (χ1v) is 7.98. The monoisotopic (exact) mass is 274 g/mol. The molecule has 112 valence electrons. The molecule has 0 bridgehead atoms. The summed E-state index contributed by atoms with van der Waals surface area (Å²) in [4.78, 5) is 0. The van der Waals surface area contributed by atoms with Crippen molar-refractivity contribution in [2.45, 2.75) is 78.1 Å². The van der Waals surface area contributed by atoms with Gasteiger partial charge in [0.25, 0.3) is 0 Å². The van der Waals surface area contributed by atoms with Crippen LogP contribution in [0.3, 0.4) is 0 Å². The molecule has 0 atom stereocenters. The minimum atomic E-state index is -0.0173. The predicted molar refractivity (Wildman–Crippen MR) is 86.5 cm³/mol. The molecular formula is C19H30O. The number of hydrogen-bond acceptors (Lipinski definition) is 1. The van der Waals surface area contributed by atoms with E-state index in [2.05, 4.69) is 53.7 Å². The molecule has 20 heavy (non-hydrogen) atoms. The zero-order valence-corrected chi connectivity index (χ0v) is 14.0. The third kappa shape index (κ3) is 2.73. The molecule has 1 N–H and O–H groups in total. The molecule has 1 saturated carbocycles. The Morgan fingerprint density at radius 3 is 1.95 bits per heavy atom. The first kappa shape index (κ1) is 15.4. The maximum atomic E-state index is 10.8. The van der Waals surface area contributed by atoms with E-state index in [-0.39, 0.29) is 10.8 Å². The summed E-state index contributed by atoms with van der Waals surface area (Å²) in [7, 11) is 0. The second-order valence-electron chi connectivity index (χ2n) is 8.16. The molecule has 1 aromatic rings. The van der Waals surface area contributed by atoms with Gasteiger partial charge in [0.05, 0.1) is 0 Å². The van der Waals surface area contributed by atoms with Gasteiger partial charge in [0.15, 0.2) is 0 Å². The lowest BCUT2D eigenvalue weighted by atomic mass is 9.70. The first-order chi connectivity index (χ1) is 9.14. The van der Waals surface area contributed by atoms with Crippen molar-refractivity contribution in [1.29, 1.82) is 0 Å². The number of benzene rings is 1. The molecule has 0 amide bonds. The van der Waals surface area contributed by atoms with Gasteiger partial charge in [-0.2, -0.15) is 0 Å². The van der Waals surface area contributed by atoms with E-state index in [4.69, 9.17) is 0 Å². The normalized spacial score (nSPS) is 17.7. The van der Waals surface area contributed by atoms with Crippen molar-refractivity contribution >= 4 is 0 Å². The van der Waals surface area contributed by atoms with E-state index in [9.17, 15) is 5.11 Å². The molecule has 2 rings (SSSR count). The Bertz CT molecular complexity index is 485. The maximum Gasteiger partial charge on any atom is 0.123 e. The average molecular weight is 274 g/mol. The average Bonchev–Trinajstić information content (AvgIpc) is 2.84. The van der Waals surface area contributed by atoms with Gasteiger partial charge in [0, 0.05) is 5.56 Å². The summed E-state index contributed by atoms with van der Waals surface area (Å²) in [6.45, 7) is 13.3. The Kier molecular flexibility index (Phi) is 3.92. The lowest BCUT2D eigenvalue weighted by Gasteiger charge is -2.35. The predicted octanol–water partition coefficient (Wildman–Crippen LogP) is 5.47. The Hall–Kier alpha value is -0.980. The van der Waals surface area contributed by atoms with Crippen molar-refractivity contribution in [3.63, 3.8) is 0 Å². The van der Waals surface area contributed by atoms with E-state index in [1.54, 1.807) is 0 Å². The van der Waals surface area contributed by atoms with Crippen LogP contribution in [0.15, 0.2) is 12.1 Å². The molecule has 0 saturated heterocycles. The Balaban J connectivity index is 2.53. The SMILES string of the molecule is Cc1cc(C(C)(C)C)c(O)c(C(C)(C)C2CCCC2)c1. The van der Waals surface area contributed by atoms with Crippen LogP contribution >= 0.6 is 0 Å². The van der Waals surface area contributed by atoms with Crippen LogP contribution in [0.4, 0.5) is 0 Å². The fourth-order valence-corrected chi connectivity index (χ4v) is 3.71. The van der Waals surface area contributed by atoms with Gasteiger partial charge >= 0.3 is 0 Å². The van der Waals surface area contributed by atoms with E-state index in [0.29, 0.717) is 11.7 Å². The van der Waals surface area contributed by atoms with Gasteiger partial charge in [-0.05, 0) is 42.1 Å². The summed E-state index contributed by atoms with van der Waals surface area (Å²) < 4.78 is 0. The molecule has 0 heterocycles. The van der Waals surface area contributed by atoms with Crippen LogP contribution in [0.5, 0.6) is 5.75 Å². The summed E-state index contributed by atoms with van der Waals surface area (Å²) in [5.41, 5.74) is 3.53. The van der Waals surface area contributed by atoms with Crippen LogP contribution in [0.2, 0.25) is 0 Å². The molecule has 0 spiro atoms. The highest BCUT2D eigenvalue weighted by Crippen LogP contribution is 2.47. The van der Waals surface area contributed by atoms with Crippen LogP contribution in [-0.4, -0.2) is 5.11 Å². The largest absolute Gasteiger partial charge is 0.507 e. The van der Waals surface area contributed by atoms with Crippen LogP contribution in [0.25, 0.3) is 0 Å². The highest BCUT2D eigenvalue weighted by atomic mass is 16.3. The Morgan fingerprint density at radius 2 is 1.45 bits per heavy atom. The fraction of sp³-hybridized carbons (Fsp3) is 0.684. The van der Waals surface area contributed by atoms with E-state index >= 15 is 0 Å². The van der Waals surface area contributed by atoms with Crippen molar-refractivity contribution in [1.82, 2.24) is 0 Å². The number of hydrogen-bond donors (Lipinski definition) is 1. The number of aryl methyl sites for hydroxylation is 1. The molecule has 1 nitrogen and oxygen atoms in total. The lowest BCUT2D eigenvalue weighted by Crippen LogP contribution is -2.28. The van der Waals surface area contributed by atoms with Crippen molar-refractivity contribution in [3.8, 4) is 5.75 Å². The van der Waals surface area contributed by atoms with Gasteiger partial charge in [0.2, 0.25) is 0 Å². The number of rotatable bonds is 2. The van der Waals surface area contributed by atoms with Crippen LogP contribution < -0.4 is 0 Å². The second-order valence-corrected chi connectivity index (χ2v) is 8.16. The minimum absolute atomic E-state index is 0.0173. The van der Waals surface area contributed by atoms with Crippen molar-refractivity contribution in [2.75, 3.05) is 0 Å². The lowest BCUT2D eigenvalue weighted by molar-refractivity contribution is 0.310. The van der Waals surface area contributed by atoms with Crippen molar-refractivity contribution in [2.24, 2.45) is 5.92 Å². The van der Waals surface area contributed by atoms with E-state index in [1.165, 1.54) is 31.2 Å². The van der Waals surface area contributed by atoms with E-state index in [1.807, 2.05) is 0 Å². The topological polar surface area (TPSA) is 20.2 Å². The molecule has 1 aliphatic carbocycles. The van der Waals surface area contributed by atoms with Crippen LogP contribution in [-0.2, 0) is 10.8 Å². The summed E-state index contributed by atoms with van der Waals surface area (Å²) >= 11 is 0. The van der Waals surface area contributed by atoms with Gasteiger partial charge in [-0.15, -0.1) is 0 Å². The summed E-state index contributed by atoms with van der Waals surface area (Å²) in [5, 5.41) is 10.8. The van der Waals surface area contributed by atoms with Crippen LogP contribution in [0.1, 0.15) is 77.0 Å². The number of phenolic OH excluding ortho intramolecular Hbond substituents is 1. The second kappa shape index (κ2) is 5.09. The Labute approximate surface area is 124 Å². The molecule has 0 radical (unpaired) electrons.